The highest BCUT2D eigenvalue weighted by Gasteiger charge is 2.13. The van der Waals surface area contributed by atoms with E-state index in [2.05, 4.69) is 10.3 Å². The first kappa shape index (κ1) is 15.5. The molecule has 3 aromatic rings. The molecule has 0 radical (unpaired) electrons. The van der Waals surface area contributed by atoms with Gasteiger partial charge in [0.2, 0.25) is 5.95 Å². The maximum atomic E-state index is 13.9. The van der Waals surface area contributed by atoms with Gasteiger partial charge in [0.05, 0.1) is 18.7 Å². The Morgan fingerprint density at radius 2 is 1.96 bits per heavy atom. The molecule has 1 unspecified atom stereocenters. The average Bonchev–Trinajstić information content (AvgIpc) is 2.86. The number of fused-ring (bicyclic) bond motifs is 1. The Hall–Kier alpha value is -2.40. The molecule has 0 fully saturated rings. The van der Waals surface area contributed by atoms with E-state index in [1.165, 1.54) is 6.07 Å². The summed E-state index contributed by atoms with van der Waals surface area (Å²) < 4.78 is 21.3. The highest BCUT2D eigenvalue weighted by atomic mass is 19.1. The van der Waals surface area contributed by atoms with Crippen LogP contribution in [0.3, 0.4) is 0 Å². The van der Waals surface area contributed by atoms with E-state index in [1.54, 1.807) is 23.7 Å². The van der Waals surface area contributed by atoms with Crippen LogP contribution in [-0.4, -0.2) is 22.2 Å². The largest absolute Gasteiger partial charge is 0.375 e. The molecule has 0 spiro atoms. The van der Waals surface area contributed by atoms with Crippen molar-refractivity contribution in [3.63, 3.8) is 0 Å². The van der Waals surface area contributed by atoms with Gasteiger partial charge in [0.25, 0.3) is 0 Å². The van der Waals surface area contributed by atoms with Gasteiger partial charge in [-0.3, -0.25) is 0 Å². The lowest BCUT2D eigenvalue weighted by Gasteiger charge is -2.15. The third-order valence-electron chi connectivity index (χ3n) is 3.70. The lowest BCUT2D eigenvalue weighted by Crippen LogP contribution is -2.23. The molecule has 1 heterocycles. The number of hydrogen-bond donors (Lipinski definition) is 1. The van der Waals surface area contributed by atoms with Gasteiger partial charge in [-0.1, -0.05) is 36.4 Å². The molecule has 1 atom stereocenters. The van der Waals surface area contributed by atoms with Gasteiger partial charge >= 0.3 is 0 Å². The number of para-hydroxylation sites is 1. The van der Waals surface area contributed by atoms with E-state index in [1.807, 2.05) is 37.3 Å². The van der Waals surface area contributed by atoms with Crippen molar-refractivity contribution in [1.82, 2.24) is 9.55 Å². The number of anilines is 1. The topological polar surface area (TPSA) is 39.1 Å². The zero-order valence-electron chi connectivity index (χ0n) is 13.3. The summed E-state index contributed by atoms with van der Waals surface area (Å²) in [4.78, 5) is 4.44. The van der Waals surface area contributed by atoms with E-state index in [-0.39, 0.29) is 11.9 Å². The number of benzene rings is 2. The molecule has 120 valence electrons. The normalized spacial score (nSPS) is 12.5. The first-order valence-corrected chi connectivity index (χ1v) is 7.64. The molecular formula is C18H20FN3O. The van der Waals surface area contributed by atoms with Crippen molar-refractivity contribution >= 4 is 17.0 Å². The zero-order chi connectivity index (χ0) is 16.2. The molecule has 0 saturated heterocycles. The van der Waals surface area contributed by atoms with Crippen molar-refractivity contribution in [2.45, 2.75) is 19.6 Å². The van der Waals surface area contributed by atoms with E-state index in [0.29, 0.717) is 30.2 Å². The summed E-state index contributed by atoms with van der Waals surface area (Å²) >= 11 is 0. The highest BCUT2D eigenvalue weighted by Crippen LogP contribution is 2.21. The summed E-state index contributed by atoms with van der Waals surface area (Å²) in [6.07, 6.45) is 0. The van der Waals surface area contributed by atoms with Crippen LogP contribution < -0.4 is 5.32 Å². The fourth-order valence-corrected chi connectivity index (χ4v) is 2.54. The van der Waals surface area contributed by atoms with Crippen LogP contribution in [0.5, 0.6) is 0 Å². The maximum Gasteiger partial charge on any atom is 0.203 e. The SMILES string of the molecule is CC(COCc1ccccc1)Nc1nc2cccc(F)c2n1C. The summed E-state index contributed by atoms with van der Waals surface area (Å²) in [6.45, 7) is 3.13. The maximum absolute atomic E-state index is 13.9. The highest BCUT2D eigenvalue weighted by molar-refractivity contribution is 5.79. The standard InChI is InChI=1S/C18H20FN3O/c1-13(11-23-12-14-7-4-3-5-8-14)20-18-21-16-10-6-9-15(19)17(16)22(18)2/h3-10,13H,11-12H2,1-2H3,(H,20,21). The first-order valence-electron chi connectivity index (χ1n) is 7.64. The Labute approximate surface area is 134 Å². The number of imidazole rings is 1. The Balaban J connectivity index is 1.61. The Bertz CT molecular complexity index is 786. The van der Waals surface area contributed by atoms with Crippen molar-refractivity contribution < 1.29 is 9.13 Å². The van der Waals surface area contributed by atoms with Gasteiger partial charge in [0, 0.05) is 13.1 Å². The van der Waals surface area contributed by atoms with Gasteiger partial charge in [0.15, 0.2) is 0 Å². The van der Waals surface area contributed by atoms with Gasteiger partial charge in [-0.05, 0) is 24.6 Å². The minimum absolute atomic E-state index is 0.0669. The molecule has 0 amide bonds. The molecule has 5 heteroatoms. The second-order valence-corrected chi connectivity index (χ2v) is 5.65. The second kappa shape index (κ2) is 6.79. The van der Waals surface area contributed by atoms with Gasteiger partial charge in [-0.15, -0.1) is 0 Å². The zero-order valence-corrected chi connectivity index (χ0v) is 13.3. The van der Waals surface area contributed by atoms with Gasteiger partial charge < -0.3 is 14.6 Å². The van der Waals surface area contributed by atoms with Crippen molar-refractivity contribution in [2.24, 2.45) is 7.05 Å². The fourth-order valence-electron chi connectivity index (χ4n) is 2.54. The van der Waals surface area contributed by atoms with Gasteiger partial charge in [-0.25, -0.2) is 9.37 Å². The molecule has 0 saturated carbocycles. The molecule has 0 aliphatic rings. The smallest absolute Gasteiger partial charge is 0.203 e. The predicted octanol–water partition coefficient (Wildman–Crippen LogP) is 3.73. The van der Waals surface area contributed by atoms with Crippen molar-refractivity contribution in [2.75, 3.05) is 11.9 Å². The molecule has 1 N–H and O–H groups in total. The molecule has 0 aliphatic carbocycles. The van der Waals surface area contributed by atoms with E-state index in [9.17, 15) is 4.39 Å². The third kappa shape index (κ3) is 3.51. The predicted molar refractivity (Wildman–Crippen MR) is 89.9 cm³/mol. The number of halogens is 1. The molecule has 0 bridgehead atoms. The number of aryl methyl sites for hydroxylation is 1. The van der Waals surface area contributed by atoms with Gasteiger partial charge in [0.1, 0.15) is 11.3 Å². The summed E-state index contributed by atoms with van der Waals surface area (Å²) in [5.74, 6) is 0.374. The summed E-state index contributed by atoms with van der Waals surface area (Å²) in [5.41, 5.74) is 2.30. The Morgan fingerprint density at radius 3 is 2.70 bits per heavy atom. The third-order valence-corrected chi connectivity index (χ3v) is 3.70. The van der Waals surface area contributed by atoms with Crippen LogP contribution in [0.1, 0.15) is 12.5 Å². The number of hydrogen-bond acceptors (Lipinski definition) is 3. The average molecular weight is 313 g/mol. The van der Waals surface area contributed by atoms with Crippen molar-refractivity contribution in [1.29, 1.82) is 0 Å². The van der Waals surface area contributed by atoms with Crippen LogP contribution >= 0.6 is 0 Å². The van der Waals surface area contributed by atoms with Crippen molar-refractivity contribution in [3.8, 4) is 0 Å². The van der Waals surface area contributed by atoms with E-state index < -0.39 is 0 Å². The summed E-state index contributed by atoms with van der Waals surface area (Å²) in [6, 6.07) is 15.0. The molecule has 4 nitrogen and oxygen atoms in total. The van der Waals surface area contributed by atoms with E-state index >= 15 is 0 Å². The Kier molecular flexibility index (Phi) is 4.57. The van der Waals surface area contributed by atoms with Crippen LogP contribution in [-0.2, 0) is 18.4 Å². The lowest BCUT2D eigenvalue weighted by molar-refractivity contribution is 0.115. The van der Waals surface area contributed by atoms with E-state index in [0.717, 1.165) is 5.56 Å². The minimum Gasteiger partial charge on any atom is -0.375 e. The molecule has 3 rings (SSSR count). The van der Waals surface area contributed by atoms with Crippen LogP contribution in [0, 0.1) is 5.82 Å². The van der Waals surface area contributed by atoms with Gasteiger partial charge in [-0.2, -0.15) is 0 Å². The molecule has 2 aromatic carbocycles. The quantitative estimate of drug-likeness (QED) is 0.753. The second-order valence-electron chi connectivity index (χ2n) is 5.65. The number of nitrogens with zero attached hydrogens (tertiary/aromatic N) is 2. The molecule has 0 aliphatic heterocycles. The summed E-state index contributed by atoms with van der Waals surface area (Å²) in [7, 11) is 1.80. The lowest BCUT2D eigenvalue weighted by atomic mass is 10.2. The van der Waals surface area contributed by atoms with E-state index in [4.69, 9.17) is 4.74 Å². The number of nitrogens with one attached hydrogen (secondary N) is 1. The Morgan fingerprint density at radius 1 is 1.17 bits per heavy atom. The monoisotopic (exact) mass is 313 g/mol. The number of ether oxygens (including phenoxy) is 1. The van der Waals surface area contributed by atoms with Crippen LogP contribution in [0.2, 0.25) is 0 Å². The van der Waals surface area contributed by atoms with Crippen LogP contribution in [0.15, 0.2) is 48.5 Å². The number of aromatic nitrogens is 2. The fraction of sp³-hybridized carbons (Fsp3) is 0.278. The summed E-state index contributed by atoms with van der Waals surface area (Å²) in [5, 5.41) is 3.27. The van der Waals surface area contributed by atoms with Crippen LogP contribution in [0.25, 0.3) is 11.0 Å². The molecular weight excluding hydrogens is 293 g/mol. The van der Waals surface area contributed by atoms with Crippen LogP contribution in [0.4, 0.5) is 10.3 Å². The van der Waals surface area contributed by atoms with Crippen molar-refractivity contribution in [3.05, 3.63) is 59.9 Å². The molecule has 1 aromatic heterocycles. The first-order chi connectivity index (χ1) is 11.1. The molecule has 23 heavy (non-hydrogen) atoms. The minimum atomic E-state index is -0.265. The number of rotatable bonds is 6.